The van der Waals surface area contributed by atoms with Crippen LogP contribution in [0.1, 0.15) is 39.1 Å². The highest BCUT2D eigenvalue weighted by Gasteiger charge is 2.46. The molecule has 210 valence electrons. The lowest BCUT2D eigenvalue weighted by atomic mass is 9.87. The minimum absolute atomic E-state index is 0. The van der Waals surface area contributed by atoms with Gasteiger partial charge >= 0.3 is 0 Å². The van der Waals surface area contributed by atoms with Crippen molar-refractivity contribution in [2.75, 3.05) is 31.7 Å². The molecular weight excluding hydrogens is 508 g/mol. The van der Waals surface area contributed by atoms with Crippen molar-refractivity contribution in [1.82, 2.24) is 9.47 Å². The highest BCUT2D eigenvalue weighted by molar-refractivity contribution is 7.98. The number of likely N-dealkylation sites (tertiary alicyclic amines) is 1. The molecular formula is C24H39F2N5O5S. The number of carbonyl (C=O) groups is 1. The molecule has 3 rings (SSSR count). The lowest BCUT2D eigenvalue weighted by Gasteiger charge is -2.40. The molecule has 13 heteroatoms. The van der Waals surface area contributed by atoms with E-state index in [0.717, 1.165) is 12.8 Å². The normalized spacial score (nSPS) is 20.5. The van der Waals surface area contributed by atoms with Crippen LogP contribution in [0.25, 0.3) is 0 Å². The van der Waals surface area contributed by atoms with E-state index in [4.69, 9.17) is 15.9 Å². The van der Waals surface area contributed by atoms with Gasteiger partial charge in [0.05, 0.1) is 18.6 Å². The summed E-state index contributed by atoms with van der Waals surface area (Å²) in [5.74, 6) is -3.60. The zero-order valence-electron chi connectivity index (χ0n) is 21.1. The van der Waals surface area contributed by atoms with E-state index in [1.165, 1.54) is 35.0 Å². The molecule has 1 unspecified atom stereocenters. The largest absolute Gasteiger partial charge is 0.478 e. The number of hydrogen-bond donors (Lipinski definition) is 2. The van der Waals surface area contributed by atoms with Gasteiger partial charge in [-0.05, 0) is 43.6 Å². The third kappa shape index (κ3) is 9.33. The average Bonchev–Trinajstić information content (AvgIpc) is 3.65. The van der Waals surface area contributed by atoms with Crippen molar-refractivity contribution in [3.63, 3.8) is 0 Å². The van der Waals surface area contributed by atoms with Gasteiger partial charge in [-0.15, -0.1) is 0 Å². The van der Waals surface area contributed by atoms with Gasteiger partial charge in [0.1, 0.15) is 5.84 Å². The van der Waals surface area contributed by atoms with Gasteiger partial charge < -0.3 is 26.0 Å². The minimum atomic E-state index is -2.97. The first-order chi connectivity index (χ1) is 16.6. The van der Waals surface area contributed by atoms with Gasteiger partial charge in [0.25, 0.3) is 17.4 Å². The Hall–Kier alpha value is -2.61. The number of aryl methyl sites for hydroxylation is 1. The van der Waals surface area contributed by atoms with E-state index in [1.807, 2.05) is 6.26 Å². The number of nitrogens with one attached hydrogen (secondary N) is 1. The van der Waals surface area contributed by atoms with E-state index in [-0.39, 0.29) is 42.8 Å². The van der Waals surface area contributed by atoms with Crippen molar-refractivity contribution in [3.05, 3.63) is 46.4 Å². The van der Waals surface area contributed by atoms with Crippen LogP contribution in [-0.2, 0) is 16.1 Å². The molecule has 37 heavy (non-hydrogen) atoms. The first-order valence-electron chi connectivity index (χ1n) is 11.7. The SMILES string of the molecule is CSCCn1cc(C2CN([C@@H](C)C(=O)N=C(N)/C=C\C(=N)OCC3CC3)CCC2(F)F)ccc1=O.O.O.[HH]. The Labute approximate surface area is 220 Å². The number of nitrogens with zero attached hydrogens (tertiary/aromatic N) is 3. The van der Waals surface area contributed by atoms with Crippen LogP contribution in [0.15, 0.2) is 40.3 Å². The number of thioether (sulfide) groups is 1. The van der Waals surface area contributed by atoms with Gasteiger partial charge in [-0.3, -0.25) is 19.9 Å². The predicted molar refractivity (Wildman–Crippen MR) is 144 cm³/mol. The summed E-state index contributed by atoms with van der Waals surface area (Å²) in [7, 11) is 0. The van der Waals surface area contributed by atoms with Crippen LogP contribution >= 0.6 is 11.8 Å². The van der Waals surface area contributed by atoms with Crippen molar-refractivity contribution >= 4 is 29.4 Å². The molecule has 2 aliphatic rings. The van der Waals surface area contributed by atoms with Gasteiger partial charge in [-0.2, -0.15) is 16.8 Å². The number of hydrogen-bond acceptors (Lipinski definition) is 6. The molecule has 1 aromatic heterocycles. The number of amides is 1. The molecule has 2 fully saturated rings. The first-order valence-corrected chi connectivity index (χ1v) is 13.1. The number of halogens is 2. The van der Waals surface area contributed by atoms with Gasteiger partial charge in [0.2, 0.25) is 5.90 Å². The molecule has 2 heterocycles. The second-order valence-corrected chi connectivity index (χ2v) is 10.0. The van der Waals surface area contributed by atoms with Crippen LogP contribution in [-0.4, -0.2) is 81.7 Å². The Bertz CT molecular complexity index is 1050. The van der Waals surface area contributed by atoms with E-state index >= 15 is 0 Å². The molecule has 7 N–H and O–H groups in total. The van der Waals surface area contributed by atoms with Crippen molar-refractivity contribution in [1.29, 1.82) is 5.41 Å². The molecule has 2 atom stereocenters. The number of ether oxygens (including phenoxy) is 1. The van der Waals surface area contributed by atoms with Crippen molar-refractivity contribution < 1.29 is 30.7 Å². The Morgan fingerprint density at radius 3 is 2.73 bits per heavy atom. The summed E-state index contributed by atoms with van der Waals surface area (Å²) < 4.78 is 36.5. The molecule has 1 aromatic rings. The van der Waals surface area contributed by atoms with Gasteiger partial charge in [-0.1, -0.05) is 6.07 Å². The van der Waals surface area contributed by atoms with Crippen LogP contribution in [0.4, 0.5) is 8.78 Å². The van der Waals surface area contributed by atoms with E-state index in [1.54, 1.807) is 23.6 Å². The molecule has 1 aliphatic heterocycles. The van der Waals surface area contributed by atoms with Gasteiger partial charge in [0, 0.05) is 51.6 Å². The van der Waals surface area contributed by atoms with Crippen molar-refractivity contribution in [2.45, 2.75) is 50.6 Å². The van der Waals surface area contributed by atoms with Crippen molar-refractivity contribution in [2.24, 2.45) is 16.6 Å². The van der Waals surface area contributed by atoms with E-state index < -0.39 is 30.2 Å². The van der Waals surface area contributed by atoms with Crippen LogP contribution in [0.3, 0.4) is 0 Å². The number of aliphatic imine (C=N–C) groups is 1. The third-order valence-electron chi connectivity index (χ3n) is 6.33. The van der Waals surface area contributed by atoms with Crippen molar-refractivity contribution in [3.8, 4) is 0 Å². The Kier molecular flexibility index (Phi) is 12.6. The average molecular weight is 548 g/mol. The number of aromatic nitrogens is 1. The number of carbonyl (C=O) groups excluding carboxylic acids is 1. The second-order valence-electron chi connectivity index (χ2n) is 9.05. The van der Waals surface area contributed by atoms with Crippen LogP contribution in [0.2, 0.25) is 0 Å². The molecule has 0 aromatic carbocycles. The lowest BCUT2D eigenvalue weighted by molar-refractivity contribution is -0.127. The van der Waals surface area contributed by atoms with E-state index in [9.17, 15) is 18.4 Å². The molecule has 0 bridgehead atoms. The van der Waals surface area contributed by atoms with Crippen LogP contribution < -0.4 is 11.3 Å². The maximum absolute atomic E-state index is 14.9. The Balaban J connectivity index is 0.00000456. The summed E-state index contributed by atoms with van der Waals surface area (Å²) in [6.45, 7) is 2.53. The number of piperidine rings is 1. The molecule has 1 aliphatic carbocycles. The fourth-order valence-electron chi connectivity index (χ4n) is 3.86. The second kappa shape index (κ2) is 14.4. The molecule has 1 saturated carbocycles. The zero-order chi connectivity index (χ0) is 25.6. The standard InChI is InChI=1S/C24H33F2N5O3S.2H2O.H2/c1-16(23(33)29-20(27)6-7-21(28)34-15-17-3-4-17)30-10-9-24(25,26)19(14-30)18-5-8-22(32)31(13-18)11-12-35-2;;;/h5-8,13,16-17,19,28H,3-4,9-12,14-15H2,1-2H3,(H2,27,29,33);2*1H2;1H/b7-6-,28-21?;;;/t16-,19?;;;/m0.../s1. The molecule has 0 radical (unpaired) electrons. The topological polar surface area (TPSA) is 177 Å². The molecule has 1 amide bonds. The van der Waals surface area contributed by atoms with E-state index in [0.29, 0.717) is 30.4 Å². The fraction of sp³-hybridized carbons (Fsp3) is 0.583. The molecule has 1 saturated heterocycles. The van der Waals surface area contributed by atoms with Crippen LogP contribution in [0, 0.1) is 11.3 Å². The summed E-state index contributed by atoms with van der Waals surface area (Å²) in [5, 5.41) is 7.73. The van der Waals surface area contributed by atoms with Gasteiger partial charge in [-0.25, -0.2) is 8.78 Å². The molecule has 0 spiro atoms. The number of pyridine rings is 1. The zero-order valence-corrected chi connectivity index (χ0v) is 21.9. The lowest BCUT2D eigenvalue weighted by Crippen LogP contribution is -2.51. The molecule has 10 nitrogen and oxygen atoms in total. The number of alkyl halides is 2. The Morgan fingerprint density at radius 1 is 1.38 bits per heavy atom. The minimum Gasteiger partial charge on any atom is -0.478 e. The highest BCUT2D eigenvalue weighted by Crippen LogP contribution is 2.40. The summed E-state index contributed by atoms with van der Waals surface area (Å²) in [5.41, 5.74) is 5.95. The Morgan fingerprint density at radius 2 is 2.08 bits per heavy atom. The maximum atomic E-state index is 14.9. The maximum Gasteiger partial charge on any atom is 0.264 e. The van der Waals surface area contributed by atoms with Gasteiger partial charge in [0.15, 0.2) is 0 Å². The first kappa shape index (κ1) is 32.4. The monoisotopic (exact) mass is 547 g/mol. The number of nitrogens with two attached hydrogens (primary N) is 1. The quantitative estimate of drug-likeness (QED) is 0.331. The smallest absolute Gasteiger partial charge is 0.264 e. The number of rotatable bonds is 10. The summed E-state index contributed by atoms with van der Waals surface area (Å²) >= 11 is 1.57. The van der Waals surface area contributed by atoms with Crippen LogP contribution in [0.5, 0.6) is 0 Å². The fourth-order valence-corrected chi connectivity index (χ4v) is 4.24. The summed E-state index contributed by atoms with van der Waals surface area (Å²) in [6, 6.07) is 2.02. The number of amidine groups is 1. The summed E-state index contributed by atoms with van der Waals surface area (Å²) in [4.78, 5) is 30.3. The predicted octanol–water partition coefficient (Wildman–Crippen LogP) is 1.46. The third-order valence-corrected chi connectivity index (χ3v) is 6.92. The summed E-state index contributed by atoms with van der Waals surface area (Å²) in [6.07, 6.45) is 7.89. The van der Waals surface area contributed by atoms with E-state index in [2.05, 4.69) is 4.99 Å². The highest BCUT2D eigenvalue weighted by atomic mass is 32.2.